The zero-order valence-electron chi connectivity index (χ0n) is 23.2. The van der Waals surface area contributed by atoms with Gasteiger partial charge in [-0.2, -0.15) is 0 Å². The number of anilines is 4. The van der Waals surface area contributed by atoms with Gasteiger partial charge in [-0.3, -0.25) is 0 Å². The summed E-state index contributed by atoms with van der Waals surface area (Å²) < 4.78 is 30.3. The van der Waals surface area contributed by atoms with Crippen LogP contribution in [0.1, 0.15) is 0 Å². The SMILES string of the molecule is CN1c2ccccc2P(C)(=O)c2ccccc2Nc2cc3ccccc3cc2P(C)(=O)c2cc3ccccc3cc21. The molecule has 0 aromatic heterocycles. The van der Waals surface area contributed by atoms with Crippen LogP contribution in [0.3, 0.4) is 0 Å². The first-order chi connectivity index (χ1) is 19.7. The third-order valence-corrected chi connectivity index (χ3v) is 13.5. The first kappa shape index (κ1) is 25.8. The van der Waals surface area contributed by atoms with Gasteiger partial charge in [-0.25, -0.2) is 0 Å². The molecule has 6 heteroatoms. The number of nitrogens with zero attached hydrogens (tertiary/aromatic N) is 1. The summed E-state index contributed by atoms with van der Waals surface area (Å²) in [6.07, 6.45) is 0. The monoisotopic (exact) mass is 572 g/mol. The molecule has 0 fully saturated rings. The molecule has 0 saturated carbocycles. The molecule has 0 spiro atoms. The van der Waals surface area contributed by atoms with Gasteiger partial charge in [-0.05, 0) is 83.4 Å². The number of fused-ring (bicyclic) bond motifs is 6. The number of benzene rings is 6. The Kier molecular flexibility index (Phi) is 5.98. The van der Waals surface area contributed by atoms with Gasteiger partial charge in [-0.15, -0.1) is 0 Å². The van der Waals surface area contributed by atoms with Crippen molar-refractivity contribution in [1.82, 2.24) is 0 Å². The molecule has 2 atom stereocenters. The van der Waals surface area contributed by atoms with Crippen LogP contribution in [0.25, 0.3) is 21.5 Å². The second kappa shape index (κ2) is 9.48. The van der Waals surface area contributed by atoms with Crippen molar-refractivity contribution in [3.63, 3.8) is 0 Å². The number of hydrogen-bond donors (Lipinski definition) is 1. The number of hydrogen-bond acceptors (Lipinski definition) is 4. The smallest absolute Gasteiger partial charge is 0.144 e. The average molecular weight is 573 g/mol. The molecule has 41 heavy (non-hydrogen) atoms. The molecule has 4 nitrogen and oxygen atoms in total. The minimum atomic E-state index is -3.19. The summed E-state index contributed by atoms with van der Waals surface area (Å²) >= 11 is 0. The van der Waals surface area contributed by atoms with E-state index >= 15 is 4.57 Å². The van der Waals surface area contributed by atoms with E-state index in [1.54, 1.807) is 0 Å². The van der Waals surface area contributed by atoms with E-state index in [2.05, 4.69) is 58.7 Å². The Morgan fingerprint density at radius 3 is 1.66 bits per heavy atom. The topological polar surface area (TPSA) is 49.4 Å². The van der Waals surface area contributed by atoms with Crippen molar-refractivity contribution in [2.45, 2.75) is 0 Å². The molecule has 7 rings (SSSR count). The van der Waals surface area contributed by atoms with Gasteiger partial charge in [-0.1, -0.05) is 72.8 Å². The lowest BCUT2D eigenvalue weighted by atomic mass is 10.1. The number of rotatable bonds is 0. The maximum Gasteiger partial charge on any atom is 0.144 e. The first-order valence-corrected chi connectivity index (χ1v) is 18.0. The van der Waals surface area contributed by atoms with E-state index in [0.29, 0.717) is 0 Å². The van der Waals surface area contributed by atoms with Gasteiger partial charge >= 0.3 is 0 Å². The van der Waals surface area contributed by atoms with Crippen LogP contribution < -0.4 is 31.4 Å². The molecular formula is C35H30N2O2P2. The van der Waals surface area contributed by atoms with E-state index in [1.165, 1.54) is 0 Å². The van der Waals surface area contributed by atoms with Crippen molar-refractivity contribution in [1.29, 1.82) is 0 Å². The van der Waals surface area contributed by atoms with E-state index in [4.69, 9.17) is 0 Å². The van der Waals surface area contributed by atoms with Crippen LogP contribution in [0, 0.1) is 0 Å². The van der Waals surface area contributed by atoms with Crippen LogP contribution in [-0.4, -0.2) is 20.4 Å². The second-order valence-corrected chi connectivity index (χ2v) is 16.6. The van der Waals surface area contributed by atoms with E-state index in [1.807, 2.05) is 93.2 Å². The molecule has 1 heterocycles. The Hall–Kier alpha value is -4.10. The highest BCUT2D eigenvalue weighted by Crippen LogP contribution is 2.50. The van der Waals surface area contributed by atoms with Crippen LogP contribution in [-0.2, 0) is 9.13 Å². The Labute approximate surface area is 240 Å². The van der Waals surface area contributed by atoms with Gasteiger partial charge in [0.1, 0.15) is 14.3 Å². The van der Waals surface area contributed by atoms with Crippen LogP contribution in [0.5, 0.6) is 0 Å². The number of para-hydroxylation sites is 2. The van der Waals surface area contributed by atoms with Crippen molar-refractivity contribution in [2.24, 2.45) is 0 Å². The first-order valence-electron chi connectivity index (χ1n) is 13.7. The maximum absolute atomic E-state index is 15.4. The summed E-state index contributed by atoms with van der Waals surface area (Å²) in [5.41, 5.74) is 3.20. The molecule has 202 valence electrons. The molecule has 1 aliphatic rings. The molecular weight excluding hydrogens is 542 g/mol. The lowest BCUT2D eigenvalue weighted by molar-refractivity contribution is 0.590. The molecule has 0 bridgehead atoms. The van der Waals surface area contributed by atoms with Crippen LogP contribution >= 0.6 is 14.3 Å². The van der Waals surface area contributed by atoms with E-state index < -0.39 is 14.3 Å². The molecule has 1 aliphatic heterocycles. The lowest BCUT2D eigenvalue weighted by Gasteiger charge is -2.31. The summed E-state index contributed by atoms with van der Waals surface area (Å²) in [5.74, 6) is 0. The summed E-state index contributed by atoms with van der Waals surface area (Å²) in [5, 5.41) is 10.8. The summed E-state index contributed by atoms with van der Waals surface area (Å²) in [6.45, 7) is 3.72. The lowest BCUT2D eigenvalue weighted by Crippen LogP contribution is -2.30. The van der Waals surface area contributed by atoms with E-state index in [9.17, 15) is 4.57 Å². The zero-order chi connectivity index (χ0) is 28.4. The molecule has 6 aromatic carbocycles. The fourth-order valence-corrected chi connectivity index (χ4v) is 10.6. The Bertz CT molecular complexity index is 2100. The Morgan fingerprint density at radius 1 is 0.488 bits per heavy atom. The van der Waals surface area contributed by atoms with Gasteiger partial charge in [0.15, 0.2) is 0 Å². The van der Waals surface area contributed by atoms with Gasteiger partial charge < -0.3 is 19.3 Å². The predicted molar refractivity (Wildman–Crippen MR) is 178 cm³/mol. The van der Waals surface area contributed by atoms with Crippen LogP contribution in [0.2, 0.25) is 0 Å². The van der Waals surface area contributed by atoms with Crippen molar-refractivity contribution in [2.75, 3.05) is 30.6 Å². The van der Waals surface area contributed by atoms with E-state index in [-0.39, 0.29) is 0 Å². The Morgan fingerprint density at radius 2 is 0.976 bits per heavy atom. The largest absolute Gasteiger partial charge is 0.354 e. The summed E-state index contributed by atoms with van der Waals surface area (Å²) in [7, 11) is -4.28. The average Bonchev–Trinajstić information content (AvgIpc) is 2.99. The highest BCUT2D eigenvalue weighted by Gasteiger charge is 2.34. The molecule has 0 amide bonds. The van der Waals surface area contributed by atoms with Gasteiger partial charge in [0, 0.05) is 34.0 Å². The fourth-order valence-electron chi connectivity index (χ4n) is 6.10. The quantitative estimate of drug-likeness (QED) is 0.190. The maximum atomic E-state index is 15.4. The van der Waals surface area contributed by atoms with Gasteiger partial charge in [0.05, 0.1) is 17.1 Å². The third kappa shape index (κ3) is 4.13. The molecule has 1 N–H and O–H groups in total. The van der Waals surface area contributed by atoms with Crippen molar-refractivity contribution in [3.8, 4) is 0 Å². The standard InChI is InChI=1S/C35H30N2O2P2/c1-37-30-17-9-11-19-33(30)40(2,38)32-18-10-8-16-28(32)36-29-20-24-12-4-6-14-26(24)22-34(29)41(3,39)35-23-27-15-7-5-13-25(27)21-31(35)37/h4-23,36H,1-3H3. The zero-order valence-corrected chi connectivity index (χ0v) is 25.0. The molecule has 0 radical (unpaired) electrons. The molecule has 0 aliphatic carbocycles. The molecule has 6 aromatic rings. The van der Waals surface area contributed by atoms with Gasteiger partial charge in [0.25, 0.3) is 0 Å². The third-order valence-electron chi connectivity index (χ3n) is 8.32. The highest BCUT2D eigenvalue weighted by atomic mass is 31.2. The van der Waals surface area contributed by atoms with Crippen molar-refractivity contribution in [3.05, 3.63) is 121 Å². The molecule has 0 saturated heterocycles. The second-order valence-electron chi connectivity index (χ2n) is 10.9. The summed E-state index contributed by atoms with van der Waals surface area (Å²) in [6, 6.07) is 40.3. The predicted octanol–water partition coefficient (Wildman–Crippen LogP) is 7.71. The van der Waals surface area contributed by atoms with Crippen molar-refractivity contribution < 1.29 is 9.13 Å². The highest BCUT2D eigenvalue weighted by molar-refractivity contribution is 7.79. The summed E-state index contributed by atoms with van der Waals surface area (Å²) in [4.78, 5) is 2.07. The van der Waals surface area contributed by atoms with Gasteiger partial charge in [0.2, 0.25) is 0 Å². The van der Waals surface area contributed by atoms with Crippen LogP contribution in [0.15, 0.2) is 121 Å². The molecule has 2 unspecified atom stereocenters. The van der Waals surface area contributed by atoms with Crippen molar-refractivity contribution >= 4 is 79.8 Å². The number of nitrogens with one attached hydrogen (secondary N) is 1. The minimum Gasteiger partial charge on any atom is -0.354 e. The van der Waals surface area contributed by atoms with Crippen LogP contribution in [0.4, 0.5) is 22.7 Å². The van der Waals surface area contributed by atoms with E-state index in [0.717, 1.165) is 65.5 Å². The minimum absolute atomic E-state index is 0.741. The fraction of sp³-hybridized carbons (Fsp3) is 0.0857. The Balaban J connectivity index is 1.64. The normalized spacial score (nSPS) is 20.1.